The van der Waals surface area contributed by atoms with E-state index in [0.29, 0.717) is 13.1 Å². The predicted octanol–water partition coefficient (Wildman–Crippen LogP) is 1.74. The van der Waals surface area contributed by atoms with E-state index in [2.05, 4.69) is 10.0 Å². The minimum absolute atomic E-state index is 0.0365. The zero-order valence-electron chi connectivity index (χ0n) is 19.2. The highest BCUT2D eigenvalue weighted by Crippen LogP contribution is 2.27. The van der Waals surface area contributed by atoms with Crippen molar-refractivity contribution in [3.63, 3.8) is 0 Å². The lowest BCUT2D eigenvalue weighted by Crippen LogP contribution is -2.29. The summed E-state index contributed by atoms with van der Waals surface area (Å²) in [5, 5.41) is 2.73. The fraction of sp³-hybridized carbons (Fsp3) is 0.409. The topological polar surface area (TPSA) is 131 Å². The summed E-state index contributed by atoms with van der Waals surface area (Å²) in [6, 6.07) is 10.3. The predicted molar refractivity (Wildman–Crippen MR) is 130 cm³/mol. The van der Waals surface area contributed by atoms with E-state index in [1.54, 1.807) is 12.1 Å². The molecule has 2 N–H and O–H groups in total. The number of ether oxygens (including phenoxy) is 2. The summed E-state index contributed by atoms with van der Waals surface area (Å²) < 4.78 is 63.7. The van der Waals surface area contributed by atoms with Crippen LogP contribution in [0.5, 0.6) is 5.75 Å². The average Bonchev–Trinajstić information content (AvgIpc) is 3.38. The van der Waals surface area contributed by atoms with Crippen LogP contribution in [0.2, 0.25) is 5.02 Å². The van der Waals surface area contributed by atoms with Gasteiger partial charge >= 0.3 is 0 Å². The van der Waals surface area contributed by atoms with Gasteiger partial charge in [0.1, 0.15) is 5.75 Å². The lowest BCUT2D eigenvalue weighted by molar-refractivity contribution is -0.123. The Morgan fingerprint density at radius 3 is 2.31 bits per heavy atom. The number of amides is 1. The van der Waals surface area contributed by atoms with E-state index < -0.39 is 26.0 Å². The molecule has 10 nitrogen and oxygen atoms in total. The Morgan fingerprint density at radius 1 is 1.03 bits per heavy atom. The Labute approximate surface area is 210 Å². The number of rotatable bonds is 12. The Bertz CT molecular complexity index is 1230. The first-order chi connectivity index (χ1) is 16.6. The Morgan fingerprint density at radius 2 is 1.69 bits per heavy atom. The molecule has 0 spiro atoms. The van der Waals surface area contributed by atoms with Crippen molar-refractivity contribution in [3.8, 4) is 5.75 Å². The van der Waals surface area contributed by atoms with E-state index in [-0.39, 0.29) is 46.9 Å². The highest BCUT2D eigenvalue weighted by molar-refractivity contribution is 7.89. The monoisotopic (exact) mass is 545 g/mol. The molecule has 0 saturated carbocycles. The molecule has 1 fully saturated rings. The number of carbonyl (C=O) groups excluding carboxylic acids is 1. The van der Waals surface area contributed by atoms with Crippen molar-refractivity contribution < 1.29 is 31.1 Å². The number of sulfonamides is 2. The zero-order valence-corrected chi connectivity index (χ0v) is 21.6. The summed E-state index contributed by atoms with van der Waals surface area (Å²) in [5.41, 5.74) is 0.729. The van der Waals surface area contributed by atoms with E-state index in [4.69, 9.17) is 21.1 Å². The largest absolute Gasteiger partial charge is 0.482 e. The SMILES string of the molecule is COCCNS(=O)(=O)c1ccc(OCC(=O)NCc2ccc(S(=O)(=O)N3CCCC3)cc2)c(Cl)c1. The van der Waals surface area contributed by atoms with Crippen LogP contribution in [0, 0.1) is 0 Å². The quantitative estimate of drug-likeness (QED) is 0.388. The maximum absolute atomic E-state index is 12.6. The molecule has 2 aromatic carbocycles. The van der Waals surface area contributed by atoms with E-state index >= 15 is 0 Å². The van der Waals surface area contributed by atoms with Gasteiger partial charge in [0.2, 0.25) is 20.0 Å². The Kier molecular flexibility index (Phi) is 9.50. The van der Waals surface area contributed by atoms with E-state index in [1.165, 1.54) is 41.7 Å². The molecule has 13 heteroatoms. The molecule has 0 radical (unpaired) electrons. The third-order valence-electron chi connectivity index (χ3n) is 5.29. The van der Waals surface area contributed by atoms with Gasteiger partial charge in [-0.15, -0.1) is 0 Å². The third-order valence-corrected chi connectivity index (χ3v) is 8.95. The van der Waals surface area contributed by atoms with Gasteiger partial charge in [-0.3, -0.25) is 4.79 Å². The lowest BCUT2D eigenvalue weighted by Gasteiger charge is -2.15. The highest BCUT2D eigenvalue weighted by Gasteiger charge is 2.26. The second kappa shape index (κ2) is 12.2. The standard InChI is InChI=1S/C22H28ClN3O7S2/c1-32-13-10-25-34(28,29)19-8-9-21(20(23)14-19)33-16-22(27)24-15-17-4-6-18(7-5-17)35(30,31)26-11-2-3-12-26/h4-9,14,25H,2-3,10-13,15-16H2,1H3,(H,24,27). The lowest BCUT2D eigenvalue weighted by atomic mass is 10.2. The van der Waals surface area contributed by atoms with Gasteiger partial charge in [0.25, 0.3) is 5.91 Å². The molecule has 0 bridgehead atoms. The van der Waals surface area contributed by atoms with Gasteiger partial charge in [-0.2, -0.15) is 4.31 Å². The highest BCUT2D eigenvalue weighted by atomic mass is 35.5. The van der Waals surface area contributed by atoms with Crippen LogP contribution in [0.25, 0.3) is 0 Å². The van der Waals surface area contributed by atoms with Crippen molar-refractivity contribution in [2.24, 2.45) is 0 Å². The first kappa shape index (κ1) is 27.4. The minimum atomic E-state index is -3.75. The van der Waals surface area contributed by atoms with Gasteiger partial charge < -0.3 is 14.8 Å². The van der Waals surface area contributed by atoms with Gasteiger partial charge in [-0.25, -0.2) is 21.6 Å². The number of hydrogen-bond donors (Lipinski definition) is 2. The van der Waals surface area contributed by atoms with Crippen molar-refractivity contribution >= 4 is 37.6 Å². The molecule has 192 valence electrons. The van der Waals surface area contributed by atoms with Crippen LogP contribution in [0.3, 0.4) is 0 Å². The van der Waals surface area contributed by atoms with Crippen molar-refractivity contribution in [2.45, 2.75) is 29.2 Å². The molecule has 0 aliphatic carbocycles. The van der Waals surface area contributed by atoms with Crippen LogP contribution in [-0.4, -0.2) is 67.0 Å². The van der Waals surface area contributed by atoms with Gasteiger partial charge in [0.05, 0.1) is 21.4 Å². The van der Waals surface area contributed by atoms with Gasteiger partial charge in [0.15, 0.2) is 6.61 Å². The normalized spacial score (nSPS) is 14.7. The minimum Gasteiger partial charge on any atom is -0.482 e. The molecule has 1 saturated heterocycles. The molecular weight excluding hydrogens is 518 g/mol. The van der Waals surface area contributed by atoms with E-state index in [0.717, 1.165) is 18.4 Å². The summed E-state index contributed by atoms with van der Waals surface area (Å²) in [7, 11) is -5.77. The summed E-state index contributed by atoms with van der Waals surface area (Å²) in [6.45, 7) is 1.27. The zero-order chi connectivity index (χ0) is 25.5. The van der Waals surface area contributed by atoms with Crippen LogP contribution in [-0.2, 0) is 36.1 Å². The van der Waals surface area contributed by atoms with Crippen molar-refractivity contribution in [1.29, 1.82) is 0 Å². The first-order valence-corrected chi connectivity index (χ1v) is 14.2. The van der Waals surface area contributed by atoms with Crippen molar-refractivity contribution in [2.75, 3.05) is 40.0 Å². The average molecular weight is 546 g/mol. The molecule has 2 aromatic rings. The fourth-order valence-corrected chi connectivity index (χ4v) is 6.23. The smallest absolute Gasteiger partial charge is 0.258 e. The molecule has 3 rings (SSSR count). The fourth-order valence-electron chi connectivity index (χ4n) is 3.38. The second-order valence-electron chi connectivity index (χ2n) is 7.80. The number of nitrogens with one attached hydrogen (secondary N) is 2. The maximum atomic E-state index is 12.6. The van der Waals surface area contributed by atoms with Crippen LogP contribution in [0.1, 0.15) is 18.4 Å². The summed E-state index contributed by atoms with van der Waals surface area (Å²) in [4.78, 5) is 12.4. The van der Waals surface area contributed by atoms with Crippen LogP contribution < -0.4 is 14.8 Å². The summed E-state index contributed by atoms with van der Waals surface area (Å²) in [6.07, 6.45) is 1.73. The summed E-state index contributed by atoms with van der Waals surface area (Å²) >= 11 is 6.13. The summed E-state index contributed by atoms with van der Waals surface area (Å²) in [5.74, 6) is -0.262. The van der Waals surface area contributed by atoms with Crippen molar-refractivity contribution in [1.82, 2.24) is 14.3 Å². The first-order valence-electron chi connectivity index (χ1n) is 10.9. The molecule has 35 heavy (non-hydrogen) atoms. The molecule has 1 aliphatic rings. The number of hydrogen-bond acceptors (Lipinski definition) is 7. The number of carbonyl (C=O) groups is 1. The second-order valence-corrected chi connectivity index (χ2v) is 11.9. The van der Waals surface area contributed by atoms with Gasteiger partial charge in [-0.1, -0.05) is 23.7 Å². The van der Waals surface area contributed by atoms with Crippen molar-refractivity contribution in [3.05, 3.63) is 53.1 Å². The van der Waals surface area contributed by atoms with Crippen LogP contribution in [0.4, 0.5) is 0 Å². The van der Waals surface area contributed by atoms with Crippen LogP contribution >= 0.6 is 11.6 Å². The number of halogens is 1. The molecule has 0 atom stereocenters. The third kappa shape index (κ3) is 7.38. The van der Waals surface area contributed by atoms with E-state index in [9.17, 15) is 21.6 Å². The van der Waals surface area contributed by atoms with Gasteiger partial charge in [-0.05, 0) is 48.7 Å². The van der Waals surface area contributed by atoms with Gasteiger partial charge in [0, 0.05) is 33.3 Å². The Balaban J connectivity index is 1.50. The van der Waals surface area contributed by atoms with Crippen LogP contribution in [0.15, 0.2) is 52.3 Å². The molecule has 1 amide bonds. The number of benzene rings is 2. The maximum Gasteiger partial charge on any atom is 0.258 e. The number of nitrogens with zero attached hydrogens (tertiary/aromatic N) is 1. The molecule has 1 aliphatic heterocycles. The molecular formula is C22H28ClN3O7S2. The molecule has 1 heterocycles. The molecule has 0 aromatic heterocycles. The Hall–Kier alpha value is -2.22. The van der Waals surface area contributed by atoms with E-state index in [1.807, 2.05) is 0 Å². The number of methoxy groups -OCH3 is 1. The molecule has 0 unspecified atom stereocenters.